The minimum atomic E-state index is -0.151. The van der Waals surface area contributed by atoms with Crippen molar-refractivity contribution in [3.05, 3.63) is 57.9 Å². The second-order valence-electron chi connectivity index (χ2n) is 8.09. The highest BCUT2D eigenvalue weighted by atomic mass is 35.5. The number of aromatic nitrogens is 2. The van der Waals surface area contributed by atoms with Gasteiger partial charge in [0.25, 0.3) is 5.91 Å². The van der Waals surface area contributed by atoms with Crippen LogP contribution in [0, 0.1) is 6.92 Å². The first-order valence-electron chi connectivity index (χ1n) is 9.07. The average molecular weight is 384 g/mol. The number of fused-ring (bicyclic) bond motifs is 2. The number of benzene rings is 1. The zero-order valence-corrected chi connectivity index (χ0v) is 16.7. The number of oxazole rings is 1. The molecule has 27 heavy (non-hydrogen) atoms. The molecule has 3 aromatic rings. The Labute approximate surface area is 163 Å². The fraction of sp³-hybridized carbons (Fsp3) is 0.381. The van der Waals surface area contributed by atoms with Gasteiger partial charge in [-0.15, -0.1) is 0 Å². The van der Waals surface area contributed by atoms with Gasteiger partial charge in [0.1, 0.15) is 11.5 Å². The van der Waals surface area contributed by atoms with Crippen molar-refractivity contribution < 1.29 is 9.21 Å². The van der Waals surface area contributed by atoms with Gasteiger partial charge >= 0.3 is 0 Å². The summed E-state index contributed by atoms with van der Waals surface area (Å²) >= 11 is 6.16. The topological polar surface area (TPSA) is 59.2 Å². The molecule has 2 aromatic heterocycles. The molecule has 0 bridgehead atoms. The summed E-state index contributed by atoms with van der Waals surface area (Å²) in [6.07, 6.45) is 0.674. The molecular formula is C21H22ClN3O2. The van der Waals surface area contributed by atoms with Gasteiger partial charge in [-0.1, -0.05) is 32.4 Å². The van der Waals surface area contributed by atoms with Crippen molar-refractivity contribution in [1.82, 2.24) is 14.9 Å². The summed E-state index contributed by atoms with van der Waals surface area (Å²) in [4.78, 5) is 24.3. The molecule has 0 saturated heterocycles. The second-order valence-corrected chi connectivity index (χ2v) is 8.52. The summed E-state index contributed by atoms with van der Waals surface area (Å²) in [5.41, 5.74) is 2.91. The van der Waals surface area contributed by atoms with Crippen molar-refractivity contribution in [3.8, 4) is 0 Å². The van der Waals surface area contributed by atoms with E-state index in [9.17, 15) is 4.79 Å². The molecule has 0 fully saturated rings. The van der Waals surface area contributed by atoms with E-state index in [0.717, 1.165) is 33.9 Å². The zero-order chi connectivity index (χ0) is 19.3. The molecule has 0 N–H and O–H groups in total. The van der Waals surface area contributed by atoms with Crippen LogP contribution in [0.15, 0.2) is 28.7 Å². The number of aryl methyl sites for hydroxylation is 1. The second kappa shape index (κ2) is 6.34. The zero-order valence-electron chi connectivity index (χ0n) is 16.0. The molecule has 6 heteroatoms. The van der Waals surface area contributed by atoms with Gasteiger partial charge in [-0.2, -0.15) is 0 Å². The molecule has 1 amide bonds. The highest BCUT2D eigenvalue weighted by Crippen LogP contribution is 2.29. The van der Waals surface area contributed by atoms with Crippen LogP contribution in [-0.4, -0.2) is 27.3 Å². The molecule has 0 saturated carbocycles. The molecule has 0 radical (unpaired) electrons. The first-order valence-corrected chi connectivity index (χ1v) is 9.45. The number of halogens is 1. The minimum Gasteiger partial charge on any atom is -0.445 e. The van der Waals surface area contributed by atoms with Crippen molar-refractivity contribution in [2.45, 2.75) is 46.1 Å². The third kappa shape index (κ3) is 3.32. The van der Waals surface area contributed by atoms with Crippen molar-refractivity contribution in [1.29, 1.82) is 0 Å². The Bertz CT molecular complexity index is 1050. The number of carbonyl (C=O) groups is 1. The molecule has 1 aliphatic rings. The Morgan fingerprint density at radius 3 is 2.74 bits per heavy atom. The van der Waals surface area contributed by atoms with Crippen LogP contribution in [0.25, 0.3) is 10.9 Å². The third-order valence-electron chi connectivity index (χ3n) is 4.79. The molecule has 140 valence electrons. The van der Waals surface area contributed by atoms with E-state index in [1.165, 1.54) is 0 Å². The predicted molar refractivity (Wildman–Crippen MR) is 105 cm³/mol. The SMILES string of the molecule is Cc1cc(C(=O)N2CCc3oc(C(C)(C)C)nc3C2)c2cc(Cl)ccc2n1. The Balaban J connectivity index is 1.69. The van der Waals surface area contributed by atoms with Crippen LogP contribution in [-0.2, 0) is 18.4 Å². The van der Waals surface area contributed by atoms with E-state index in [4.69, 9.17) is 16.0 Å². The lowest BCUT2D eigenvalue weighted by Gasteiger charge is -2.26. The molecule has 0 atom stereocenters. The Morgan fingerprint density at radius 1 is 1.22 bits per heavy atom. The highest BCUT2D eigenvalue weighted by Gasteiger charge is 2.30. The maximum Gasteiger partial charge on any atom is 0.254 e. The van der Waals surface area contributed by atoms with Gasteiger partial charge in [-0.3, -0.25) is 9.78 Å². The largest absolute Gasteiger partial charge is 0.445 e. The van der Waals surface area contributed by atoms with Gasteiger partial charge in [0, 0.05) is 34.5 Å². The van der Waals surface area contributed by atoms with Crippen molar-refractivity contribution in [2.24, 2.45) is 0 Å². The number of hydrogen-bond acceptors (Lipinski definition) is 4. The lowest BCUT2D eigenvalue weighted by Crippen LogP contribution is -2.36. The van der Waals surface area contributed by atoms with Gasteiger partial charge in [0.2, 0.25) is 0 Å². The van der Waals surface area contributed by atoms with Gasteiger partial charge in [-0.05, 0) is 31.2 Å². The van der Waals surface area contributed by atoms with E-state index in [0.29, 0.717) is 30.1 Å². The van der Waals surface area contributed by atoms with Crippen LogP contribution in [0.2, 0.25) is 5.02 Å². The number of nitrogens with zero attached hydrogens (tertiary/aromatic N) is 3. The van der Waals surface area contributed by atoms with E-state index < -0.39 is 0 Å². The quantitative estimate of drug-likeness (QED) is 0.612. The Morgan fingerprint density at radius 2 is 2.00 bits per heavy atom. The normalized spacial score (nSPS) is 14.5. The molecule has 3 heterocycles. The van der Waals surface area contributed by atoms with Crippen LogP contribution in [0.5, 0.6) is 0 Å². The van der Waals surface area contributed by atoms with Crippen LogP contribution in [0.4, 0.5) is 0 Å². The molecule has 0 unspecified atom stereocenters. The fourth-order valence-corrected chi connectivity index (χ4v) is 3.54. The Kier molecular flexibility index (Phi) is 4.22. The van der Waals surface area contributed by atoms with Gasteiger partial charge in [0.15, 0.2) is 5.89 Å². The standard InChI is InChI=1S/C21H22ClN3O2/c1-12-9-15(14-10-13(22)5-6-16(14)23-12)19(26)25-8-7-18-17(11-25)24-20(27-18)21(2,3)4/h5-6,9-10H,7-8,11H2,1-4H3. The summed E-state index contributed by atoms with van der Waals surface area (Å²) in [6.45, 7) is 9.17. The monoisotopic (exact) mass is 383 g/mol. The molecule has 4 rings (SSSR count). The van der Waals surface area contributed by atoms with Gasteiger partial charge < -0.3 is 9.32 Å². The highest BCUT2D eigenvalue weighted by molar-refractivity contribution is 6.31. The van der Waals surface area contributed by atoms with Crippen molar-refractivity contribution >= 4 is 28.4 Å². The number of pyridine rings is 1. The summed E-state index contributed by atoms with van der Waals surface area (Å²) < 4.78 is 5.93. The summed E-state index contributed by atoms with van der Waals surface area (Å²) in [5, 5.41) is 1.37. The molecule has 1 aliphatic heterocycles. The maximum atomic E-state index is 13.3. The summed E-state index contributed by atoms with van der Waals surface area (Å²) in [6, 6.07) is 7.28. The van der Waals surface area contributed by atoms with Crippen LogP contribution < -0.4 is 0 Å². The molecule has 1 aromatic carbocycles. The number of hydrogen-bond donors (Lipinski definition) is 0. The van der Waals surface area contributed by atoms with E-state index >= 15 is 0 Å². The number of amides is 1. The van der Waals surface area contributed by atoms with Crippen molar-refractivity contribution in [2.75, 3.05) is 6.54 Å². The smallest absolute Gasteiger partial charge is 0.254 e. The van der Waals surface area contributed by atoms with E-state index in [1.807, 2.05) is 24.0 Å². The minimum absolute atomic E-state index is 0.0290. The summed E-state index contributed by atoms with van der Waals surface area (Å²) in [7, 11) is 0. The van der Waals surface area contributed by atoms with Gasteiger partial charge in [0.05, 0.1) is 17.6 Å². The van der Waals surface area contributed by atoms with Crippen molar-refractivity contribution in [3.63, 3.8) is 0 Å². The fourth-order valence-electron chi connectivity index (χ4n) is 3.37. The van der Waals surface area contributed by atoms with Crippen LogP contribution in [0.1, 0.15) is 54.2 Å². The third-order valence-corrected chi connectivity index (χ3v) is 5.02. The number of rotatable bonds is 1. The Hall–Kier alpha value is -2.40. The first kappa shape index (κ1) is 18.0. The maximum absolute atomic E-state index is 13.3. The molecule has 0 spiro atoms. The lowest BCUT2D eigenvalue weighted by atomic mass is 9.97. The van der Waals surface area contributed by atoms with E-state index in [-0.39, 0.29) is 11.3 Å². The molecule has 0 aliphatic carbocycles. The van der Waals surface area contributed by atoms with E-state index in [2.05, 4.69) is 30.7 Å². The summed E-state index contributed by atoms with van der Waals surface area (Å²) in [5.74, 6) is 1.58. The first-order chi connectivity index (χ1) is 12.7. The average Bonchev–Trinajstić information content (AvgIpc) is 3.04. The molecular weight excluding hydrogens is 362 g/mol. The van der Waals surface area contributed by atoms with E-state index in [1.54, 1.807) is 12.1 Å². The van der Waals surface area contributed by atoms with Gasteiger partial charge in [-0.25, -0.2) is 4.98 Å². The number of carbonyl (C=O) groups excluding carboxylic acids is 1. The van der Waals surface area contributed by atoms with Crippen LogP contribution >= 0.6 is 11.6 Å². The molecule has 5 nitrogen and oxygen atoms in total. The lowest BCUT2D eigenvalue weighted by molar-refractivity contribution is 0.0729. The predicted octanol–water partition coefficient (Wildman–Crippen LogP) is 4.68. The van der Waals surface area contributed by atoms with Crippen LogP contribution in [0.3, 0.4) is 0 Å².